The normalized spacial score (nSPS) is 13.6. The number of aromatic nitrogens is 1. The second-order valence-corrected chi connectivity index (χ2v) is 4.74. The van der Waals surface area contributed by atoms with Crippen molar-refractivity contribution in [1.29, 1.82) is 0 Å². The van der Waals surface area contributed by atoms with Crippen molar-refractivity contribution in [3.05, 3.63) is 59.8 Å². The number of hydrogen-bond donors (Lipinski definition) is 2. The van der Waals surface area contributed by atoms with Gasteiger partial charge in [0.2, 0.25) is 5.91 Å². The van der Waals surface area contributed by atoms with Crippen LogP contribution >= 0.6 is 0 Å². The highest BCUT2D eigenvalue weighted by Crippen LogP contribution is 2.19. The highest BCUT2D eigenvalue weighted by Gasteiger charge is 2.30. The number of carbonyl (C=O) groups excluding carboxylic acids is 1. The van der Waals surface area contributed by atoms with Gasteiger partial charge in [-0.25, -0.2) is 4.98 Å². The number of amides is 1. The van der Waals surface area contributed by atoms with E-state index in [1.807, 2.05) is 43.3 Å². The maximum absolute atomic E-state index is 12.2. The third kappa shape index (κ3) is 2.98. The molecule has 1 amide bonds. The van der Waals surface area contributed by atoms with Gasteiger partial charge in [0.25, 0.3) is 0 Å². The number of benzene rings is 1. The predicted octanol–water partition coefficient (Wildman–Crippen LogP) is 2.20. The molecule has 0 saturated carbocycles. The number of carbonyl (C=O) groups is 1. The number of rotatable bonds is 3. The van der Waals surface area contributed by atoms with Gasteiger partial charge in [0, 0.05) is 6.20 Å². The summed E-state index contributed by atoms with van der Waals surface area (Å²) in [4.78, 5) is 16.4. The molecular weight excluding hydrogens is 238 g/mol. The zero-order valence-corrected chi connectivity index (χ0v) is 11.1. The fourth-order valence-corrected chi connectivity index (χ4v) is 1.70. The monoisotopic (exact) mass is 255 g/mol. The van der Waals surface area contributed by atoms with E-state index in [1.54, 1.807) is 19.2 Å². The van der Waals surface area contributed by atoms with E-state index in [-0.39, 0.29) is 5.91 Å². The van der Waals surface area contributed by atoms with Gasteiger partial charge in [-0.2, -0.15) is 0 Å². The van der Waals surface area contributed by atoms with Gasteiger partial charge in [-0.3, -0.25) is 4.79 Å². The molecule has 0 bridgehead atoms. The van der Waals surface area contributed by atoms with Crippen LogP contribution < -0.4 is 11.1 Å². The van der Waals surface area contributed by atoms with Crippen molar-refractivity contribution in [3.63, 3.8) is 0 Å². The molecule has 0 aliphatic carbocycles. The minimum atomic E-state index is -1.09. The van der Waals surface area contributed by atoms with Crippen molar-refractivity contribution in [2.75, 3.05) is 5.32 Å². The van der Waals surface area contributed by atoms with Crippen LogP contribution in [0.1, 0.15) is 18.1 Å². The first-order valence-electron chi connectivity index (χ1n) is 6.08. The van der Waals surface area contributed by atoms with Crippen LogP contribution in [0.5, 0.6) is 0 Å². The number of nitrogens with one attached hydrogen (secondary N) is 1. The molecule has 2 aromatic rings. The summed E-state index contributed by atoms with van der Waals surface area (Å²) in [5.74, 6) is 0.221. The van der Waals surface area contributed by atoms with Crippen LogP contribution in [0.25, 0.3) is 0 Å². The molecule has 0 aliphatic rings. The Morgan fingerprint density at radius 2 is 1.89 bits per heavy atom. The van der Waals surface area contributed by atoms with Crippen LogP contribution in [0.4, 0.5) is 5.82 Å². The summed E-state index contributed by atoms with van der Waals surface area (Å²) in [5.41, 5.74) is 6.83. The van der Waals surface area contributed by atoms with Gasteiger partial charge in [0.05, 0.1) is 0 Å². The Bertz CT molecular complexity index is 562. The minimum absolute atomic E-state index is 0.282. The first kappa shape index (κ1) is 13.2. The van der Waals surface area contributed by atoms with Crippen molar-refractivity contribution >= 4 is 11.7 Å². The molecule has 0 spiro atoms. The van der Waals surface area contributed by atoms with E-state index in [0.29, 0.717) is 5.82 Å². The largest absolute Gasteiger partial charge is 0.314 e. The number of anilines is 1. The quantitative estimate of drug-likeness (QED) is 0.883. The molecule has 4 heteroatoms. The van der Waals surface area contributed by atoms with E-state index in [1.165, 1.54) is 0 Å². The summed E-state index contributed by atoms with van der Waals surface area (Å²) < 4.78 is 0. The Labute approximate surface area is 112 Å². The standard InChI is InChI=1S/C15H17N3O/c1-11-8-9-13(17-10-11)18-14(19)15(2,16)12-6-4-3-5-7-12/h3-10H,16H2,1-2H3,(H,17,18,19). The molecule has 0 radical (unpaired) electrons. The molecule has 98 valence electrons. The van der Waals surface area contributed by atoms with Crippen LogP contribution in [0.3, 0.4) is 0 Å². The predicted molar refractivity (Wildman–Crippen MR) is 75.6 cm³/mol. The van der Waals surface area contributed by atoms with E-state index in [0.717, 1.165) is 11.1 Å². The van der Waals surface area contributed by atoms with Crippen molar-refractivity contribution in [2.45, 2.75) is 19.4 Å². The Hall–Kier alpha value is -2.20. The maximum atomic E-state index is 12.2. The lowest BCUT2D eigenvalue weighted by molar-refractivity contribution is -0.120. The number of nitrogens with zero attached hydrogens (tertiary/aromatic N) is 1. The van der Waals surface area contributed by atoms with Crippen molar-refractivity contribution < 1.29 is 4.79 Å². The molecular formula is C15H17N3O. The molecule has 0 aliphatic heterocycles. The molecule has 0 saturated heterocycles. The van der Waals surface area contributed by atoms with E-state index < -0.39 is 5.54 Å². The molecule has 19 heavy (non-hydrogen) atoms. The summed E-state index contributed by atoms with van der Waals surface area (Å²) >= 11 is 0. The molecule has 1 atom stereocenters. The molecule has 1 heterocycles. The number of hydrogen-bond acceptors (Lipinski definition) is 3. The second kappa shape index (κ2) is 5.20. The Morgan fingerprint density at radius 3 is 2.47 bits per heavy atom. The van der Waals surface area contributed by atoms with Crippen molar-refractivity contribution in [3.8, 4) is 0 Å². The Morgan fingerprint density at radius 1 is 1.21 bits per heavy atom. The van der Waals surface area contributed by atoms with Gasteiger partial charge >= 0.3 is 0 Å². The van der Waals surface area contributed by atoms with Crippen LogP contribution in [0.15, 0.2) is 48.7 Å². The summed E-state index contributed by atoms with van der Waals surface area (Å²) in [6.45, 7) is 3.63. The summed E-state index contributed by atoms with van der Waals surface area (Å²) in [6.07, 6.45) is 1.70. The van der Waals surface area contributed by atoms with Gasteiger partial charge in [0.1, 0.15) is 11.4 Å². The topological polar surface area (TPSA) is 68.0 Å². The lowest BCUT2D eigenvalue weighted by Gasteiger charge is -2.23. The number of nitrogens with two attached hydrogens (primary N) is 1. The number of aryl methyl sites for hydroxylation is 1. The molecule has 3 N–H and O–H groups in total. The molecule has 1 aromatic heterocycles. The van der Waals surface area contributed by atoms with E-state index in [9.17, 15) is 4.79 Å². The van der Waals surface area contributed by atoms with E-state index in [2.05, 4.69) is 10.3 Å². The summed E-state index contributed by atoms with van der Waals surface area (Å²) in [5, 5.41) is 2.73. The fourth-order valence-electron chi connectivity index (χ4n) is 1.70. The molecule has 1 aromatic carbocycles. The molecule has 0 fully saturated rings. The van der Waals surface area contributed by atoms with Gasteiger partial charge in [-0.05, 0) is 31.0 Å². The minimum Gasteiger partial charge on any atom is -0.314 e. The molecule has 2 rings (SSSR count). The van der Waals surface area contributed by atoms with Crippen LogP contribution in [0.2, 0.25) is 0 Å². The zero-order chi connectivity index (χ0) is 13.9. The zero-order valence-electron chi connectivity index (χ0n) is 11.1. The fraction of sp³-hybridized carbons (Fsp3) is 0.200. The van der Waals surface area contributed by atoms with Crippen LogP contribution in [0, 0.1) is 6.92 Å². The van der Waals surface area contributed by atoms with Gasteiger partial charge in [-0.15, -0.1) is 0 Å². The second-order valence-electron chi connectivity index (χ2n) is 4.74. The third-order valence-corrected chi connectivity index (χ3v) is 3.00. The van der Waals surface area contributed by atoms with Crippen molar-refractivity contribution in [1.82, 2.24) is 4.98 Å². The molecule has 1 unspecified atom stereocenters. The SMILES string of the molecule is Cc1ccc(NC(=O)C(C)(N)c2ccccc2)nc1. The first-order valence-corrected chi connectivity index (χ1v) is 6.08. The van der Waals surface area contributed by atoms with Gasteiger partial charge in [-0.1, -0.05) is 36.4 Å². The van der Waals surface area contributed by atoms with E-state index in [4.69, 9.17) is 5.73 Å². The third-order valence-electron chi connectivity index (χ3n) is 3.00. The van der Waals surface area contributed by atoms with Gasteiger partial charge in [0.15, 0.2) is 0 Å². The summed E-state index contributed by atoms with van der Waals surface area (Å²) in [6, 6.07) is 12.9. The Balaban J connectivity index is 2.17. The lowest BCUT2D eigenvalue weighted by Crippen LogP contribution is -2.45. The lowest BCUT2D eigenvalue weighted by atomic mass is 9.92. The highest BCUT2D eigenvalue weighted by molar-refractivity contribution is 5.97. The first-order chi connectivity index (χ1) is 9.00. The summed E-state index contributed by atoms with van der Waals surface area (Å²) in [7, 11) is 0. The molecule has 4 nitrogen and oxygen atoms in total. The average Bonchev–Trinajstić information content (AvgIpc) is 2.42. The average molecular weight is 255 g/mol. The van der Waals surface area contributed by atoms with Crippen LogP contribution in [-0.2, 0) is 10.3 Å². The smallest absolute Gasteiger partial charge is 0.249 e. The van der Waals surface area contributed by atoms with Crippen molar-refractivity contribution in [2.24, 2.45) is 5.73 Å². The van der Waals surface area contributed by atoms with Crippen LogP contribution in [-0.4, -0.2) is 10.9 Å². The highest BCUT2D eigenvalue weighted by atomic mass is 16.2. The Kier molecular flexibility index (Phi) is 3.62. The van der Waals surface area contributed by atoms with E-state index >= 15 is 0 Å². The van der Waals surface area contributed by atoms with Gasteiger partial charge < -0.3 is 11.1 Å². The number of pyridine rings is 1. The maximum Gasteiger partial charge on any atom is 0.249 e.